The number of rotatable bonds is 1. The van der Waals surface area contributed by atoms with E-state index in [0.29, 0.717) is 6.42 Å². The summed E-state index contributed by atoms with van der Waals surface area (Å²) in [6, 6.07) is -0.729. The summed E-state index contributed by atoms with van der Waals surface area (Å²) in [5.41, 5.74) is 2.89. The lowest BCUT2D eigenvalue weighted by Gasteiger charge is -2.47. The molecule has 0 bridgehead atoms. The van der Waals surface area contributed by atoms with E-state index in [4.69, 9.17) is 16.3 Å². The normalized spacial score (nSPS) is 35.1. The fourth-order valence-electron chi connectivity index (χ4n) is 2.97. The Morgan fingerprint density at radius 2 is 2.38 bits per heavy atom. The monoisotopic (exact) mass is 307 g/mol. The summed E-state index contributed by atoms with van der Waals surface area (Å²) in [6.45, 7) is 1.67. The topological polar surface area (TPSA) is 72.2 Å². The fraction of sp³-hybridized carbons (Fsp3) is 0.400. The number of ether oxygens (including phenoxy) is 1. The number of hydrogen-bond donors (Lipinski definition) is 2. The first-order valence-corrected chi connectivity index (χ1v) is 7.12. The second kappa shape index (κ2) is 5.09. The lowest BCUT2D eigenvalue weighted by atomic mass is 9.77. The van der Waals surface area contributed by atoms with Crippen LogP contribution in [0.1, 0.15) is 13.3 Å². The smallest absolute Gasteiger partial charge is 0.320 e. The van der Waals surface area contributed by atoms with Gasteiger partial charge in [0.15, 0.2) is 6.21 Å². The highest BCUT2D eigenvalue weighted by Gasteiger charge is 2.42. The van der Waals surface area contributed by atoms with Crippen LogP contribution in [0, 0.1) is 12.1 Å². The van der Waals surface area contributed by atoms with E-state index >= 15 is 0 Å². The molecule has 3 rings (SSSR count). The van der Waals surface area contributed by atoms with Gasteiger partial charge in [0.05, 0.1) is 13.2 Å². The molecule has 0 aromatic heterocycles. The molecule has 3 atom stereocenters. The van der Waals surface area contributed by atoms with Crippen LogP contribution < -0.4 is 10.3 Å². The number of halogens is 1. The van der Waals surface area contributed by atoms with Gasteiger partial charge in [-0.05, 0) is 4.87 Å². The van der Waals surface area contributed by atoms with E-state index in [-0.39, 0.29) is 12.1 Å². The number of esters is 1. The Balaban J connectivity index is 2.08. The highest BCUT2D eigenvalue weighted by Crippen LogP contribution is 2.44. The third kappa shape index (κ3) is 2.25. The molecule has 0 amide bonds. The van der Waals surface area contributed by atoms with Gasteiger partial charge >= 0.3 is 5.97 Å². The van der Waals surface area contributed by atoms with E-state index in [1.807, 2.05) is 24.4 Å². The first kappa shape index (κ1) is 14.5. The van der Waals surface area contributed by atoms with E-state index in [1.54, 1.807) is 6.92 Å². The van der Waals surface area contributed by atoms with Gasteiger partial charge in [-0.3, -0.25) is 4.79 Å². The zero-order valence-corrected chi connectivity index (χ0v) is 12.5. The second-order valence-corrected chi connectivity index (χ2v) is 6.28. The van der Waals surface area contributed by atoms with Crippen molar-refractivity contribution in [2.45, 2.75) is 24.3 Å². The quantitative estimate of drug-likeness (QED) is 0.406. The third-order valence-electron chi connectivity index (χ3n) is 4.16. The maximum atomic E-state index is 12.5. The Kier molecular flexibility index (Phi) is 3.51. The van der Waals surface area contributed by atoms with Crippen molar-refractivity contribution in [2.24, 2.45) is 5.92 Å². The van der Waals surface area contributed by atoms with Crippen LogP contribution in [0.2, 0.25) is 0 Å². The molecule has 111 valence electrons. The van der Waals surface area contributed by atoms with Crippen LogP contribution in [-0.4, -0.2) is 30.2 Å². The fourth-order valence-corrected chi connectivity index (χ4v) is 3.21. The summed E-state index contributed by atoms with van der Waals surface area (Å²) >= 11 is 6.53. The zero-order chi connectivity index (χ0) is 15.2. The Labute approximate surface area is 128 Å². The van der Waals surface area contributed by atoms with Gasteiger partial charge in [-0.1, -0.05) is 25.3 Å². The van der Waals surface area contributed by atoms with Crippen molar-refractivity contribution in [3.63, 3.8) is 0 Å². The number of nitrogens with one attached hydrogen (secondary N) is 2. The summed E-state index contributed by atoms with van der Waals surface area (Å²) in [4.78, 5) is 13.9. The number of allylic oxidation sites excluding steroid dienone is 4. The van der Waals surface area contributed by atoms with Gasteiger partial charge in [-0.2, -0.15) is 11.6 Å². The van der Waals surface area contributed by atoms with Gasteiger partial charge in [-0.25, -0.2) is 4.99 Å². The average Bonchev–Trinajstić information content (AvgIpc) is 2.87. The summed E-state index contributed by atoms with van der Waals surface area (Å²) in [5, 5.41) is 15.1. The summed E-state index contributed by atoms with van der Waals surface area (Å²) in [6.07, 6.45) is 7.63. The van der Waals surface area contributed by atoms with E-state index in [9.17, 15) is 9.90 Å². The molecule has 0 aromatic carbocycles. The van der Waals surface area contributed by atoms with Crippen molar-refractivity contribution in [1.82, 2.24) is 5.32 Å². The van der Waals surface area contributed by atoms with Gasteiger partial charge in [0, 0.05) is 29.6 Å². The van der Waals surface area contributed by atoms with Crippen LogP contribution in [0.3, 0.4) is 0 Å². The Hall–Kier alpha value is -1.43. The minimum atomic E-state index is -1.16. The molecule has 3 aliphatic rings. The second-order valence-electron chi connectivity index (χ2n) is 5.50. The molecule has 2 unspecified atom stereocenters. The van der Waals surface area contributed by atoms with Gasteiger partial charge in [0.2, 0.25) is 5.70 Å². The van der Waals surface area contributed by atoms with Crippen LogP contribution in [0.15, 0.2) is 35.1 Å². The van der Waals surface area contributed by atoms with Gasteiger partial charge in [-0.15, -0.1) is 0 Å². The van der Waals surface area contributed by atoms with Gasteiger partial charge < -0.3 is 15.2 Å². The Morgan fingerprint density at radius 3 is 3.10 bits per heavy atom. The number of methoxy groups -OCH3 is 1. The molecular weight excluding hydrogens is 292 g/mol. The maximum Gasteiger partial charge on any atom is 0.320 e. The highest BCUT2D eigenvalue weighted by molar-refractivity contribution is 6.25. The first-order valence-electron chi connectivity index (χ1n) is 6.74. The first-order chi connectivity index (χ1) is 9.95. The Bertz CT molecular complexity index is 604. The van der Waals surface area contributed by atoms with Crippen molar-refractivity contribution >= 4 is 23.8 Å². The van der Waals surface area contributed by atoms with Crippen molar-refractivity contribution in [2.75, 3.05) is 7.11 Å². The van der Waals surface area contributed by atoms with Crippen LogP contribution in [0.4, 0.5) is 0 Å². The van der Waals surface area contributed by atoms with Crippen molar-refractivity contribution in [3.05, 3.63) is 41.3 Å². The van der Waals surface area contributed by atoms with E-state index in [1.165, 1.54) is 7.11 Å². The molecule has 2 heterocycles. The minimum absolute atomic E-state index is 0.237. The Morgan fingerprint density at radius 1 is 1.62 bits per heavy atom. The molecule has 21 heavy (non-hydrogen) atoms. The zero-order valence-electron chi connectivity index (χ0n) is 11.8. The summed E-state index contributed by atoms with van der Waals surface area (Å²) in [5.74, 6) is -0.710. The number of carbonyl (C=O) groups is 1. The molecule has 0 saturated heterocycles. The summed E-state index contributed by atoms with van der Waals surface area (Å²) in [7, 11) is 1.30. The minimum Gasteiger partial charge on any atom is -0.468 e. The molecule has 1 radical (unpaired) electrons. The largest absolute Gasteiger partial charge is 0.468 e. The molecule has 0 fully saturated rings. The van der Waals surface area contributed by atoms with E-state index < -0.39 is 16.9 Å². The summed E-state index contributed by atoms with van der Waals surface area (Å²) < 4.78 is 4.76. The third-order valence-corrected chi connectivity index (χ3v) is 4.57. The van der Waals surface area contributed by atoms with Crippen molar-refractivity contribution < 1.29 is 19.6 Å². The van der Waals surface area contributed by atoms with Crippen LogP contribution in [0.5, 0.6) is 0 Å². The van der Waals surface area contributed by atoms with Crippen LogP contribution in [-0.2, 0) is 14.6 Å². The number of alkyl halides is 1. The van der Waals surface area contributed by atoms with Crippen LogP contribution >= 0.6 is 11.6 Å². The molecule has 0 spiro atoms. The number of hydrogen-bond acceptors (Lipinski definition) is 3. The molecule has 1 aliphatic carbocycles. The van der Waals surface area contributed by atoms with E-state index in [2.05, 4.69) is 10.3 Å². The van der Waals surface area contributed by atoms with Gasteiger partial charge in [0.1, 0.15) is 0 Å². The SMILES string of the molecule is COC(=O)[C@@H]1CC2=C3C(=CC=CC3C(C)(Cl)[C-]([O])N1)[NH+]=C2. The average molecular weight is 308 g/mol. The van der Waals surface area contributed by atoms with Crippen molar-refractivity contribution in [1.29, 1.82) is 0 Å². The molecule has 5 nitrogen and oxygen atoms in total. The molecule has 2 aliphatic heterocycles. The van der Waals surface area contributed by atoms with Gasteiger partial charge in [0.25, 0.3) is 0 Å². The molecule has 0 aromatic rings. The predicted octanol–water partition coefficient (Wildman–Crippen LogP) is -0.0297. The molecular formula is C15H16ClN2O3. The van der Waals surface area contributed by atoms with E-state index in [0.717, 1.165) is 16.8 Å². The molecule has 6 heteroatoms. The molecule has 0 saturated carbocycles. The molecule has 2 N–H and O–H groups in total. The predicted molar refractivity (Wildman–Crippen MR) is 76.5 cm³/mol. The lowest BCUT2D eigenvalue weighted by molar-refractivity contribution is -0.383. The standard InChI is InChI=1S/C15H15ClN2O3/c1-15(16)9-4-3-5-10-12(9)8(7-17-10)6-11(13(19)21-2)18-14(15)20/h3-5,7,9,11,18H,6H2,1-2H3/q-1/p+1/t9?,11-,15?/m0/s1. The number of carbonyl (C=O) groups excluding carboxylic acids is 1. The highest BCUT2D eigenvalue weighted by atomic mass is 35.5. The maximum absolute atomic E-state index is 12.5. The lowest BCUT2D eigenvalue weighted by Crippen LogP contribution is -2.65. The van der Waals surface area contributed by atoms with Crippen molar-refractivity contribution in [3.8, 4) is 0 Å². The van der Waals surface area contributed by atoms with Crippen LogP contribution in [0.25, 0.3) is 0 Å².